The van der Waals surface area contributed by atoms with Gasteiger partial charge in [-0.25, -0.2) is 9.67 Å². The molecule has 9 nitrogen and oxygen atoms in total. The summed E-state index contributed by atoms with van der Waals surface area (Å²) in [5.74, 6) is 0.743. The van der Waals surface area contributed by atoms with E-state index in [9.17, 15) is 9.59 Å². The van der Waals surface area contributed by atoms with Crippen LogP contribution in [-0.2, 0) is 33.8 Å². The number of ether oxygens (including phenoxy) is 2. The Morgan fingerprint density at radius 3 is 2.78 bits per heavy atom. The molecule has 0 aliphatic carbocycles. The van der Waals surface area contributed by atoms with Crippen molar-refractivity contribution in [3.63, 3.8) is 0 Å². The third kappa shape index (κ3) is 6.16. The molecule has 1 aliphatic rings. The Balaban J connectivity index is 1.37. The SMILES string of the molecule is CCOC(=O)CCc1ccc2c(c1)N(C)C(=O)C(NCc1ncn(Cc3c(Cl)cccc3Cl)n1)CO2. The van der Waals surface area contributed by atoms with Crippen molar-refractivity contribution in [1.29, 1.82) is 0 Å². The van der Waals surface area contributed by atoms with Crippen molar-refractivity contribution in [2.75, 3.05) is 25.2 Å². The summed E-state index contributed by atoms with van der Waals surface area (Å²) in [5, 5.41) is 8.78. The molecule has 1 N–H and O–H groups in total. The lowest BCUT2D eigenvalue weighted by Gasteiger charge is -2.20. The van der Waals surface area contributed by atoms with Crippen molar-refractivity contribution >= 4 is 40.8 Å². The Hall–Kier alpha value is -3.14. The average Bonchev–Trinajstić information content (AvgIpc) is 3.28. The summed E-state index contributed by atoms with van der Waals surface area (Å²) in [6.07, 6.45) is 2.39. The van der Waals surface area contributed by atoms with E-state index in [-0.39, 0.29) is 31.4 Å². The first-order valence-corrected chi connectivity index (χ1v) is 12.3. The molecule has 11 heteroatoms. The van der Waals surface area contributed by atoms with Gasteiger partial charge in [-0.3, -0.25) is 14.9 Å². The van der Waals surface area contributed by atoms with E-state index in [0.717, 1.165) is 11.1 Å². The minimum absolute atomic E-state index is 0.140. The number of nitrogens with one attached hydrogen (secondary N) is 1. The Bertz CT molecular complexity index is 1230. The van der Waals surface area contributed by atoms with Gasteiger partial charge in [-0.2, -0.15) is 5.10 Å². The number of aromatic nitrogens is 3. The number of carbonyl (C=O) groups is 2. The van der Waals surface area contributed by atoms with Crippen molar-refractivity contribution in [3.8, 4) is 5.75 Å². The molecule has 0 bridgehead atoms. The van der Waals surface area contributed by atoms with Gasteiger partial charge in [-0.1, -0.05) is 35.3 Å². The molecule has 1 unspecified atom stereocenters. The molecule has 3 aromatic rings. The van der Waals surface area contributed by atoms with Gasteiger partial charge in [0.1, 0.15) is 24.7 Å². The number of anilines is 1. The Kier molecular flexibility index (Phi) is 8.45. The zero-order valence-electron chi connectivity index (χ0n) is 20.0. The first-order valence-electron chi connectivity index (χ1n) is 11.6. The van der Waals surface area contributed by atoms with Crippen LogP contribution in [0.1, 0.15) is 30.3 Å². The second-order valence-electron chi connectivity index (χ2n) is 8.31. The van der Waals surface area contributed by atoms with Gasteiger partial charge in [0.2, 0.25) is 5.91 Å². The van der Waals surface area contributed by atoms with Crippen molar-refractivity contribution in [2.24, 2.45) is 0 Å². The van der Waals surface area contributed by atoms with Crippen LogP contribution in [-0.4, -0.2) is 52.9 Å². The van der Waals surface area contributed by atoms with E-state index in [4.69, 9.17) is 32.7 Å². The van der Waals surface area contributed by atoms with E-state index in [2.05, 4.69) is 15.4 Å². The molecule has 1 atom stereocenters. The number of likely N-dealkylation sites (N-methyl/N-ethyl adjacent to an activating group) is 1. The molecule has 2 aromatic carbocycles. The highest BCUT2D eigenvalue weighted by molar-refractivity contribution is 6.35. The van der Waals surface area contributed by atoms with Crippen LogP contribution in [0.2, 0.25) is 10.0 Å². The minimum atomic E-state index is -0.588. The highest BCUT2D eigenvalue weighted by Gasteiger charge is 2.29. The summed E-state index contributed by atoms with van der Waals surface area (Å²) >= 11 is 12.5. The normalized spacial score (nSPS) is 15.3. The molecule has 0 fully saturated rings. The number of halogens is 2. The fraction of sp³-hybridized carbons (Fsp3) is 0.360. The number of nitrogens with zero attached hydrogens (tertiary/aromatic N) is 4. The Labute approximate surface area is 219 Å². The number of aryl methyl sites for hydroxylation is 1. The number of benzene rings is 2. The van der Waals surface area contributed by atoms with E-state index in [1.54, 1.807) is 48.1 Å². The number of carbonyl (C=O) groups excluding carboxylic acids is 2. The summed E-state index contributed by atoms with van der Waals surface area (Å²) in [6.45, 7) is 2.95. The predicted molar refractivity (Wildman–Crippen MR) is 137 cm³/mol. The average molecular weight is 532 g/mol. The van der Waals surface area contributed by atoms with Crippen molar-refractivity contribution in [3.05, 3.63) is 69.7 Å². The third-order valence-corrected chi connectivity index (χ3v) is 6.52. The largest absolute Gasteiger partial charge is 0.489 e. The predicted octanol–water partition coefficient (Wildman–Crippen LogP) is 3.64. The molecule has 1 aliphatic heterocycles. The zero-order valence-corrected chi connectivity index (χ0v) is 21.6. The van der Waals surface area contributed by atoms with Crippen LogP contribution in [0, 0.1) is 0 Å². The molecule has 0 spiro atoms. The maximum Gasteiger partial charge on any atom is 0.306 e. The Morgan fingerprint density at radius 1 is 1.25 bits per heavy atom. The lowest BCUT2D eigenvalue weighted by atomic mass is 10.1. The summed E-state index contributed by atoms with van der Waals surface area (Å²) in [4.78, 5) is 30.7. The van der Waals surface area contributed by atoms with Crippen LogP contribution in [0.5, 0.6) is 5.75 Å². The molecular weight excluding hydrogens is 505 g/mol. The van der Waals surface area contributed by atoms with Crippen LogP contribution in [0.3, 0.4) is 0 Å². The van der Waals surface area contributed by atoms with E-state index in [1.807, 2.05) is 18.2 Å². The maximum absolute atomic E-state index is 13.1. The Morgan fingerprint density at radius 2 is 2.03 bits per heavy atom. The van der Waals surface area contributed by atoms with Gasteiger partial charge in [-0.05, 0) is 43.2 Å². The lowest BCUT2D eigenvalue weighted by molar-refractivity contribution is -0.143. The van der Waals surface area contributed by atoms with Crippen molar-refractivity contribution < 1.29 is 19.1 Å². The highest BCUT2D eigenvalue weighted by Crippen LogP contribution is 2.32. The van der Waals surface area contributed by atoms with Crippen molar-refractivity contribution in [1.82, 2.24) is 20.1 Å². The maximum atomic E-state index is 13.1. The van der Waals surface area contributed by atoms with Gasteiger partial charge in [0.15, 0.2) is 5.82 Å². The summed E-state index contributed by atoms with van der Waals surface area (Å²) in [7, 11) is 1.71. The van der Waals surface area contributed by atoms with E-state index in [0.29, 0.717) is 46.9 Å². The van der Waals surface area contributed by atoms with Crippen LogP contribution < -0.4 is 15.0 Å². The molecule has 1 aromatic heterocycles. The molecule has 0 saturated heterocycles. The van der Waals surface area contributed by atoms with E-state index >= 15 is 0 Å². The molecular formula is C25H27Cl2N5O4. The fourth-order valence-electron chi connectivity index (χ4n) is 3.88. The number of esters is 1. The van der Waals surface area contributed by atoms with Crippen molar-refractivity contribution in [2.45, 2.75) is 38.9 Å². The first-order chi connectivity index (χ1) is 17.4. The fourth-order valence-corrected chi connectivity index (χ4v) is 4.39. The third-order valence-electron chi connectivity index (χ3n) is 5.81. The van der Waals surface area contributed by atoms with Gasteiger partial charge in [0.05, 0.1) is 25.4 Å². The zero-order chi connectivity index (χ0) is 25.7. The minimum Gasteiger partial charge on any atom is -0.489 e. The number of fused-ring (bicyclic) bond motifs is 1. The van der Waals surface area contributed by atoms with E-state index < -0.39 is 6.04 Å². The topological polar surface area (TPSA) is 98.6 Å². The summed E-state index contributed by atoms with van der Waals surface area (Å²) < 4.78 is 12.6. The number of hydrogen-bond acceptors (Lipinski definition) is 7. The van der Waals surface area contributed by atoms with Crippen LogP contribution in [0.4, 0.5) is 5.69 Å². The summed E-state index contributed by atoms with van der Waals surface area (Å²) in [5.41, 5.74) is 2.34. The standard InChI is InChI=1S/C25H27Cl2N5O4/c1-3-35-24(33)10-8-16-7-9-22-21(11-16)31(2)25(34)20(14-36-22)28-12-23-29-15-32(30-23)13-17-18(26)5-4-6-19(17)27/h4-7,9,11,15,20,28H,3,8,10,12-14H2,1-2H3. The first kappa shape index (κ1) is 25.9. The number of rotatable bonds is 9. The lowest BCUT2D eigenvalue weighted by Crippen LogP contribution is -2.46. The second kappa shape index (κ2) is 11.7. The highest BCUT2D eigenvalue weighted by atomic mass is 35.5. The molecule has 2 heterocycles. The quantitative estimate of drug-likeness (QED) is 0.420. The van der Waals surface area contributed by atoms with Gasteiger partial charge < -0.3 is 14.4 Å². The van der Waals surface area contributed by atoms with Gasteiger partial charge in [0, 0.05) is 29.1 Å². The monoisotopic (exact) mass is 531 g/mol. The molecule has 0 radical (unpaired) electrons. The van der Waals surface area contributed by atoms with Crippen LogP contribution in [0.25, 0.3) is 0 Å². The molecule has 36 heavy (non-hydrogen) atoms. The van der Waals surface area contributed by atoms with Crippen LogP contribution in [0.15, 0.2) is 42.7 Å². The smallest absolute Gasteiger partial charge is 0.306 e. The van der Waals surface area contributed by atoms with E-state index in [1.165, 1.54) is 0 Å². The molecule has 0 saturated carbocycles. The van der Waals surface area contributed by atoms with Crippen LogP contribution >= 0.6 is 23.2 Å². The second-order valence-corrected chi connectivity index (χ2v) is 9.12. The van der Waals surface area contributed by atoms with Gasteiger partial charge >= 0.3 is 5.97 Å². The summed E-state index contributed by atoms with van der Waals surface area (Å²) in [6, 6.07) is 10.3. The number of amides is 1. The molecule has 190 valence electrons. The molecule has 1 amide bonds. The number of hydrogen-bond donors (Lipinski definition) is 1. The van der Waals surface area contributed by atoms with Gasteiger partial charge in [-0.15, -0.1) is 0 Å². The molecule has 4 rings (SSSR count). The van der Waals surface area contributed by atoms with Gasteiger partial charge in [0.25, 0.3) is 0 Å².